The molecule has 2 rings (SSSR count). The number of nitrogen functional groups attached to an aromatic ring is 1. The van der Waals surface area contributed by atoms with Gasteiger partial charge >= 0.3 is 0 Å². The number of rotatable bonds is 1. The van der Waals surface area contributed by atoms with Gasteiger partial charge in [-0.3, -0.25) is 0 Å². The fourth-order valence-electron chi connectivity index (χ4n) is 1.23. The Hall–Kier alpha value is -1.29. The lowest BCUT2D eigenvalue weighted by atomic mass is 10.3. The fourth-order valence-corrected chi connectivity index (χ4v) is 1.47. The van der Waals surface area contributed by atoms with Crippen LogP contribution >= 0.6 is 15.9 Å². The average molecular weight is 252 g/mol. The van der Waals surface area contributed by atoms with E-state index >= 15 is 0 Å². The number of aromatic nitrogens is 2. The number of nitrogens with zero attached hydrogens (tertiary/aromatic N) is 2. The molecule has 3 nitrogen and oxygen atoms in total. The van der Waals surface area contributed by atoms with Crippen LogP contribution in [0.2, 0.25) is 0 Å². The summed E-state index contributed by atoms with van der Waals surface area (Å²) < 4.78 is 2.71. The predicted molar refractivity (Wildman–Crippen MR) is 60.4 cm³/mol. The van der Waals surface area contributed by atoms with Crippen LogP contribution in [0.3, 0.4) is 0 Å². The first-order valence-electron chi connectivity index (χ1n) is 4.23. The number of aryl methyl sites for hydroxylation is 1. The summed E-state index contributed by atoms with van der Waals surface area (Å²) >= 11 is 3.35. The van der Waals surface area contributed by atoms with Crippen LogP contribution in [0.4, 0.5) is 5.69 Å². The highest BCUT2D eigenvalue weighted by molar-refractivity contribution is 9.10. The van der Waals surface area contributed by atoms with Gasteiger partial charge in [0.15, 0.2) is 0 Å². The minimum absolute atomic E-state index is 0.718. The Morgan fingerprint density at radius 1 is 1.43 bits per heavy atom. The van der Waals surface area contributed by atoms with Gasteiger partial charge in [-0.25, -0.2) is 4.68 Å². The van der Waals surface area contributed by atoms with E-state index in [-0.39, 0.29) is 0 Å². The normalized spacial score (nSPS) is 10.4. The first-order valence-corrected chi connectivity index (χ1v) is 5.03. The molecule has 0 unspecified atom stereocenters. The zero-order valence-electron chi connectivity index (χ0n) is 7.74. The van der Waals surface area contributed by atoms with Gasteiger partial charge in [-0.2, -0.15) is 5.10 Å². The third kappa shape index (κ3) is 1.65. The summed E-state index contributed by atoms with van der Waals surface area (Å²) in [5, 5.41) is 4.20. The van der Waals surface area contributed by atoms with Gasteiger partial charge in [0.1, 0.15) is 0 Å². The molecule has 2 aromatic rings. The van der Waals surface area contributed by atoms with Crippen LogP contribution in [-0.4, -0.2) is 9.78 Å². The molecule has 0 bridgehead atoms. The van der Waals surface area contributed by atoms with Crippen molar-refractivity contribution < 1.29 is 0 Å². The van der Waals surface area contributed by atoms with Gasteiger partial charge < -0.3 is 5.73 Å². The third-order valence-corrected chi connectivity index (χ3v) is 2.68. The zero-order chi connectivity index (χ0) is 10.1. The summed E-state index contributed by atoms with van der Waals surface area (Å²) in [7, 11) is 0. The lowest BCUT2D eigenvalue weighted by Crippen LogP contribution is -1.96. The molecule has 0 saturated heterocycles. The van der Waals surface area contributed by atoms with Crippen LogP contribution < -0.4 is 5.73 Å². The number of benzene rings is 1. The maximum Gasteiger partial charge on any atom is 0.0666 e. The van der Waals surface area contributed by atoms with Crippen LogP contribution in [0.15, 0.2) is 35.1 Å². The fraction of sp³-hybridized carbons (Fsp3) is 0.100. The van der Waals surface area contributed by atoms with Crippen molar-refractivity contribution in [3.8, 4) is 5.69 Å². The largest absolute Gasteiger partial charge is 0.398 e. The molecule has 0 radical (unpaired) electrons. The first kappa shape index (κ1) is 9.27. The lowest BCUT2D eigenvalue weighted by Gasteiger charge is -2.03. The molecule has 0 atom stereocenters. The van der Waals surface area contributed by atoms with Gasteiger partial charge in [0, 0.05) is 16.4 Å². The first-order chi connectivity index (χ1) is 6.66. The van der Waals surface area contributed by atoms with Crippen LogP contribution in [0.1, 0.15) is 5.56 Å². The molecule has 1 aromatic heterocycles. The highest BCUT2D eigenvalue weighted by atomic mass is 79.9. The molecule has 2 N–H and O–H groups in total. The van der Waals surface area contributed by atoms with E-state index in [2.05, 4.69) is 21.0 Å². The van der Waals surface area contributed by atoms with Crippen LogP contribution in [-0.2, 0) is 0 Å². The van der Waals surface area contributed by atoms with Crippen molar-refractivity contribution in [2.24, 2.45) is 0 Å². The quantitative estimate of drug-likeness (QED) is 0.792. The van der Waals surface area contributed by atoms with E-state index in [1.807, 2.05) is 37.5 Å². The molecule has 0 aliphatic rings. The summed E-state index contributed by atoms with van der Waals surface area (Å²) in [6, 6.07) is 5.77. The monoisotopic (exact) mass is 251 g/mol. The summed E-state index contributed by atoms with van der Waals surface area (Å²) in [5.74, 6) is 0. The smallest absolute Gasteiger partial charge is 0.0666 e. The minimum Gasteiger partial charge on any atom is -0.398 e. The zero-order valence-corrected chi connectivity index (χ0v) is 9.32. The number of anilines is 1. The number of halogens is 1. The Bertz CT molecular complexity index is 462. The van der Waals surface area contributed by atoms with Gasteiger partial charge in [-0.15, -0.1) is 0 Å². The molecule has 0 amide bonds. The van der Waals surface area contributed by atoms with Gasteiger partial charge in [0.2, 0.25) is 0 Å². The van der Waals surface area contributed by atoms with E-state index in [1.54, 1.807) is 4.68 Å². The van der Waals surface area contributed by atoms with Crippen LogP contribution in [0, 0.1) is 6.92 Å². The second-order valence-corrected chi connectivity index (χ2v) is 4.02. The van der Waals surface area contributed by atoms with E-state index in [0.717, 1.165) is 21.4 Å². The standard InChI is InChI=1S/C10H10BrN3/c1-7-5-13-14(6-7)8-2-3-9(11)10(12)4-8/h2-6H,12H2,1H3. The second-order valence-electron chi connectivity index (χ2n) is 3.17. The van der Waals surface area contributed by atoms with E-state index < -0.39 is 0 Å². The molecule has 1 heterocycles. The molecule has 0 aliphatic heterocycles. The third-order valence-electron chi connectivity index (χ3n) is 1.96. The van der Waals surface area contributed by atoms with E-state index in [4.69, 9.17) is 5.73 Å². The molecule has 0 fully saturated rings. The molecule has 0 aliphatic carbocycles. The summed E-state index contributed by atoms with van der Waals surface area (Å²) in [6.45, 7) is 2.01. The Morgan fingerprint density at radius 2 is 2.21 bits per heavy atom. The molecule has 0 saturated carbocycles. The average Bonchev–Trinajstić information content (AvgIpc) is 2.57. The van der Waals surface area contributed by atoms with Crippen molar-refractivity contribution in [3.63, 3.8) is 0 Å². The van der Waals surface area contributed by atoms with Gasteiger partial charge in [-0.05, 0) is 46.6 Å². The van der Waals surface area contributed by atoms with Crippen LogP contribution in [0.5, 0.6) is 0 Å². The summed E-state index contributed by atoms with van der Waals surface area (Å²) in [5.41, 5.74) is 8.60. The van der Waals surface area contributed by atoms with Gasteiger partial charge in [0.25, 0.3) is 0 Å². The molecular weight excluding hydrogens is 242 g/mol. The molecule has 1 aromatic carbocycles. The van der Waals surface area contributed by atoms with Gasteiger partial charge in [-0.1, -0.05) is 0 Å². The van der Waals surface area contributed by atoms with E-state index in [0.29, 0.717) is 0 Å². The Labute approximate surface area is 90.7 Å². The number of hydrogen-bond acceptors (Lipinski definition) is 2. The van der Waals surface area contributed by atoms with Crippen molar-refractivity contribution in [1.82, 2.24) is 9.78 Å². The Balaban J connectivity index is 2.47. The Morgan fingerprint density at radius 3 is 2.79 bits per heavy atom. The van der Waals surface area contributed by atoms with Crippen LogP contribution in [0.25, 0.3) is 5.69 Å². The molecule has 0 spiro atoms. The predicted octanol–water partition coefficient (Wildman–Crippen LogP) is 2.53. The SMILES string of the molecule is Cc1cnn(-c2ccc(Br)c(N)c2)c1. The van der Waals surface area contributed by atoms with Gasteiger partial charge in [0.05, 0.1) is 11.9 Å². The maximum atomic E-state index is 5.78. The lowest BCUT2D eigenvalue weighted by molar-refractivity contribution is 0.880. The van der Waals surface area contributed by atoms with E-state index in [1.165, 1.54) is 0 Å². The minimum atomic E-state index is 0.718. The number of hydrogen-bond donors (Lipinski definition) is 1. The molecule has 14 heavy (non-hydrogen) atoms. The molecule has 4 heteroatoms. The van der Waals surface area contributed by atoms with Crippen molar-refractivity contribution >= 4 is 21.6 Å². The van der Waals surface area contributed by atoms with Crippen molar-refractivity contribution in [2.75, 3.05) is 5.73 Å². The molecule has 72 valence electrons. The van der Waals surface area contributed by atoms with Crippen molar-refractivity contribution in [2.45, 2.75) is 6.92 Å². The van der Waals surface area contributed by atoms with Crippen molar-refractivity contribution in [1.29, 1.82) is 0 Å². The highest BCUT2D eigenvalue weighted by Crippen LogP contribution is 2.21. The molecular formula is C10H10BrN3. The van der Waals surface area contributed by atoms with E-state index in [9.17, 15) is 0 Å². The summed E-state index contributed by atoms with van der Waals surface area (Å²) in [6.07, 6.45) is 3.78. The summed E-state index contributed by atoms with van der Waals surface area (Å²) in [4.78, 5) is 0. The number of nitrogens with two attached hydrogens (primary N) is 1. The second kappa shape index (κ2) is 3.46. The topological polar surface area (TPSA) is 43.8 Å². The highest BCUT2D eigenvalue weighted by Gasteiger charge is 2.00. The Kier molecular flexibility index (Phi) is 2.29. The van der Waals surface area contributed by atoms with Crippen molar-refractivity contribution in [3.05, 3.63) is 40.6 Å². The maximum absolute atomic E-state index is 5.78.